The monoisotopic (exact) mass is 275 g/mol. The topological polar surface area (TPSA) is 46.1 Å². The lowest BCUT2D eigenvalue weighted by molar-refractivity contribution is 0.177. The minimum Gasteiger partial charge on any atom is -0.460 e. The molecule has 2 heterocycles. The van der Waals surface area contributed by atoms with Gasteiger partial charge in [-0.2, -0.15) is 0 Å². The van der Waals surface area contributed by atoms with E-state index >= 15 is 0 Å². The first-order valence-corrected chi connectivity index (χ1v) is 7.18. The van der Waals surface area contributed by atoms with Crippen LogP contribution in [0.4, 0.5) is 0 Å². The highest BCUT2D eigenvalue weighted by Crippen LogP contribution is 2.32. The summed E-state index contributed by atoms with van der Waals surface area (Å²) in [6, 6.07) is 11.8. The molecule has 2 aliphatic rings. The summed E-state index contributed by atoms with van der Waals surface area (Å²) in [5.41, 5.74) is 1.27. The van der Waals surface area contributed by atoms with Crippen molar-refractivity contribution in [2.75, 3.05) is 26.8 Å². The van der Waals surface area contributed by atoms with Crippen molar-refractivity contribution < 1.29 is 9.57 Å². The third-order valence-corrected chi connectivity index (χ3v) is 3.98. The molecule has 0 spiro atoms. The largest absolute Gasteiger partial charge is 0.460 e. The van der Waals surface area contributed by atoms with Crippen LogP contribution in [0.3, 0.4) is 0 Å². The molecule has 5 heteroatoms. The Hall–Kier alpha value is -1.75. The van der Waals surface area contributed by atoms with E-state index in [0.717, 1.165) is 25.9 Å². The standard InChI is InChI=1S/C15H21N3O2/c1-19-17-15-18(13-7-9-16-10-8-13)14(11-20-15)12-5-3-2-4-6-12/h2-6,13-14,16H,7-11H2,1H3. The van der Waals surface area contributed by atoms with Gasteiger partial charge in [0.1, 0.15) is 13.7 Å². The Kier molecular flexibility index (Phi) is 4.06. The molecule has 1 aromatic rings. The van der Waals surface area contributed by atoms with E-state index < -0.39 is 0 Å². The molecule has 20 heavy (non-hydrogen) atoms. The highest BCUT2D eigenvalue weighted by Gasteiger charge is 2.38. The molecule has 0 aliphatic carbocycles. The third-order valence-electron chi connectivity index (χ3n) is 3.98. The summed E-state index contributed by atoms with van der Waals surface area (Å²) < 4.78 is 5.76. The second kappa shape index (κ2) is 6.13. The molecule has 1 atom stereocenters. The van der Waals surface area contributed by atoms with Crippen LogP contribution >= 0.6 is 0 Å². The summed E-state index contributed by atoms with van der Waals surface area (Å²) in [6.07, 6.45) is 2.21. The number of oxime groups is 1. The normalized spacial score (nSPS) is 25.8. The predicted molar refractivity (Wildman–Crippen MR) is 77.3 cm³/mol. The van der Waals surface area contributed by atoms with Gasteiger partial charge in [-0.05, 0) is 36.7 Å². The van der Waals surface area contributed by atoms with Gasteiger partial charge in [0.15, 0.2) is 0 Å². The van der Waals surface area contributed by atoms with Gasteiger partial charge in [-0.25, -0.2) is 0 Å². The van der Waals surface area contributed by atoms with E-state index in [9.17, 15) is 0 Å². The molecule has 2 aliphatic heterocycles. The van der Waals surface area contributed by atoms with Crippen LogP contribution in [0.5, 0.6) is 0 Å². The van der Waals surface area contributed by atoms with Gasteiger partial charge in [-0.15, -0.1) is 0 Å². The molecule has 0 bridgehead atoms. The fraction of sp³-hybridized carbons (Fsp3) is 0.533. The third kappa shape index (κ3) is 2.58. The van der Waals surface area contributed by atoms with Gasteiger partial charge in [0.2, 0.25) is 0 Å². The highest BCUT2D eigenvalue weighted by molar-refractivity contribution is 5.76. The Morgan fingerprint density at radius 1 is 1.25 bits per heavy atom. The number of rotatable bonds is 3. The van der Waals surface area contributed by atoms with Crippen molar-refractivity contribution in [2.45, 2.75) is 24.9 Å². The lowest BCUT2D eigenvalue weighted by atomic mass is 10.0. The molecule has 5 nitrogen and oxygen atoms in total. The van der Waals surface area contributed by atoms with Crippen LogP contribution in [0.15, 0.2) is 35.5 Å². The molecular formula is C15H21N3O2. The van der Waals surface area contributed by atoms with Crippen molar-refractivity contribution in [1.82, 2.24) is 10.2 Å². The van der Waals surface area contributed by atoms with Crippen molar-refractivity contribution in [3.05, 3.63) is 35.9 Å². The molecule has 0 radical (unpaired) electrons. The zero-order valence-electron chi connectivity index (χ0n) is 11.8. The van der Waals surface area contributed by atoms with E-state index in [1.807, 2.05) is 6.07 Å². The van der Waals surface area contributed by atoms with E-state index in [1.54, 1.807) is 7.11 Å². The van der Waals surface area contributed by atoms with Gasteiger partial charge in [0, 0.05) is 6.04 Å². The quantitative estimate of drug-likeness (QED) is 0.853. The first-order chi connectivity index (χ1) is 9.90. The zero-order chi connectivity index (χ0) is 13.8. The Bertz CT molecular complexity index is 457. The molecule has 1 aromatic carbocycles. The van der Waals surface area contributed by atoms with Gasteiger partial charge < -0.3 is 19.8 Å². The predicted octanol–water partition coefficient (Wildman–Crippen LogP) is 1.73. The smallest absolute Gasteiger partial charge is 0.327 e. The summed E-state index contributed by atoms with van der Waals surface area (Å²) in [5, 5.41) is 7.46. The molecule has 108 valence electrons. The first-order valence-electron chi connectivity index (χ1n) is 7.18. The van der Waals surface area contributed by atoms with Gasteiger partial charge >= 0.3 is 6.02 Å². The maximum Gasteiger partial charge on any atom is 0.327 e. The van der Waals surface area contributed by atoms with Gasteiger partial charge in [0.05, 0.1) is 6.04 Å². The summed E-state index contributed by atoms with van der Waals surface area (Å²) in [7, 11) is 1.56. The minimum atomic E-state index is 0.230. The molecular weight excluding hydrogens is 254 g/mol. The van der Waals surface area contributed by atoms with Crippen molar-refractivity contribution in [3.8, 4) is 0 Å². The maximum absolute atomic E-state index is 5.76. The molecule has 2 fully saturated rings. The molecule has 0 aromatic heterocycles. The number of ether oxygens (including phenoxy) is 1. The SMILES string of the molecule is CON=C1OCC(c2ccccc2)N1C1CCNCC1. The van der Waals surface area contributed by atoms with E-state index in [-0.39, 0.29) is 6.04 Å². The van der Waals surface area contributed by atoms with Crippen LogP contribution in [0.1, 0.15) is 24.4 Å². The first kappa shape index (κ1) is 13.2. The van der Waals surface area contributed by atoms with E-state index in [4.69, 9.17) is 9.57 Å². The van der Waals surface area contributed by atoms with Crippen LogP contribution in [0.2, 0.25) is 0 Å². The minimum absolute atomic E-state index is 0.230. The number of nitrogens with zero attached hydrogens (tertiary/aromatic N) is 2. The van der Waals surface area contributed by atoms with Crippen molar-refractivity contribution in [2.24, 2.45) is 5.16 Å². The fourth-order valence-electron chi connectivity index (χ4n) is 3.02. The average Bonchev–Trinajstić information content (AvgIpc) is 2.93. The summed E-state index contributed by atoms with van der Waals surface area (Å²) in [5.74, 6) is 0. The van der Waals surface area contributed by atoms with Crippen LogP contribution < -0.4 is 5.32 Å². The number of piperidine rings is 1. The number of benzene rings is 1. The van der Waals surface area contributed by atoms with Gasteiger partial charge in [-0.1, -0.05) is 30.3 Å². The Labute approximate surface area is 119 Å². The molecule has 0 amide bonds. The highest BCUT2D eigenvalue weighted by atomic mass is 16.6. The van der Waals surface area contributed by atoms with Crippen LogP contribution in [-0.4, -0.2) is 43.8 Å². The lowest BCUT2D eigenvalue weighted by Crippen LogP contribution is -2.45. The fourth-order valence-corrected chi connectivity index (χ4v) is 3.02. The number of hydrogen-bond donors (Lipinski definition) is 1. The van der Waals surface area contributed by atoms with Gasteiger partial charge in [0.25, 0.3) is 0 Å². The molecule has 0 saturated carbocycles. The summed E-state index contributed by atoms with van der Waals surface area (Å²) in [6.45, 7) is 2.72. The molecule has 3 rings (SSSR count). The molecule has 2 saturated heterocycles. The number of nitrogens with one attached hydrogen (secondary N) is 1. The Balaban J connectivity index is 1.87. The Morgan fingerprint density at radius 2 is 2.00 bits per heavy atom. The summed E-state index contributed by atoms with van der Waals surface area (Å²) >= 11 is 0. The lowest BCUT2D eigenvalue weighted by Gasteiger charge is -2.34. The maximum atomic E-state index is 5.76. The second-order valence-electron chi connectivity index (χ2n) is 5.18. The Morgan fingerprint density at radius 3 is 2.70 bits per heavy atom. The second-order valence-corrected chi connectivity index (χ2v) is 5.18. The van der Waals surface area contributed by atoms with Crippen LogP contribution in [0.25, 0.3) is 0 Å². The number of hydrogen-bond acceptors (Lipinski definition) is 4. The summed E-state index contributed by atoms with van der Waals surface area (Å²) in [4.78, 5) is 7.23. The van der Waals surface area contributed by atoms with E-state index in [0.29, 0.717) is 18.7 Å². The van der Waals surface area contributed by atoms with Crippen LogP contribution in [0, 0.1) is 0 Å². The van der Waals surface area contributed by atoms with Crippen LogP contribution in [-0.2, 0) is 9.57 Å². The number of amidine groups is 1. The van der Waals surface area contributed by atoms with Crippen molar-refractivity contribution >= 4 is 6.02 Å². The average molecular weight is 275 g/mol. The van der Waals surface area contributed by atoms with E-state index in [1.165, 1.54) is 5.56 Å². The molecule has 1 unspecified atom stereocenters. The van der Waals surface area contributed by atoms with E-state index in [2.05, 4.69) is 39.6 Å². The van der Waals surface area contributed by atoms with Crippen molar-refractivity contribution in [3.63, 3.8) is 0 Å². The molecule has 1 N–H and O–H groups in total. The van der Waals surface area contributed by atoms with Gasteiger partial charge in [-0.3, -0.25) is 0 Å². The zero-order valence-corrected chi connectivity index (χ0v) is 11.8. The van der Waals surface area contributed by atoms with Crippen molar-refractivity contribution in [1.29, 1.82) is 0 Å².